The van der Waals surface area contributed by atoms with Gasteiger partial charge in [0, 0.05) is 11.1 Å². The molecule has 6 heteroatoms. The van der Waals surface area contributed by atoms with Crippen LogP contribution in [0.4, 0.5) is 5.69 Å². The van der Waals surface area contributed by atoms with Gasteiger partial charge in [-0.15, -0.1) is 0 Å². The highest BCUT2D eigenvalue weighted by atomic mass is 16.5. The molecule has 0 aliphatic carbocycles. The zero-order valence-electron chi connectivity index (χ0n) is 17.2. The van der Waals surface area contributed by atoms with Crippen molar-refractivity contribution in [2.45, 2.75) is 45.2 Å². The van der Waals surface area contributed by atoms with E-state index in [-0.39, 0.29) is 24.1 Å². The van der Waals surface area contributed by atoms with Gasteiger partial charge in [-0.05, 0) is 50.6 Å². The van der Waals surface area contributed by atoms with E-state index >= 15 is 0 Å². The molecule has 1 heterocycles. The summed E-state index contributed by atoms with van der Waals surface area (Å²) >= 11 is 0. The van der Waals surface area contributed by atoms with E-state index in [9.17, 15) is 14.4 Å². The number of imide groups is 1. The molecule has 0 radical (unpaired) electrons. The molecule has 0 spiro atoms. The van der Waals surface area contributed by atoms with Gasteiger partial charge in [-0.3, -0.25) is 14.4 Å². The Morgan fingerprint density at radius 3 is 2.45 bits per heavy atom. The molecule has 1 aliphatic heterocycles. The first-order valence-electron chi connectivity index (χ1n) is 9.69. The third kappa shape index (κ3) is 3.88. The SMILES string of the molecule is CCC(C)(C)N(C(=O)c1cccc(OC)c1)C1CC(=O)N(c2ccccc2)C1=O. The largest absolute Gasteiger partial charge is 0.497 e. The third-order valence-electron chi connectivity index (χ3n) is 5.50. The fourth-order valence-electron chi connectivity index (χ4n) is 3.57. The minimum Gasteiger partial charge on any atom is -0.497 e. The molecule has 0 bridgehead atoms. The second-order valence-electron chi connectivity index (χ2n) is 7.70. The second-order valence-corrected chi connectivity index (χ2v) is 7.70. The van der Waals surface area contributed by atoms with Crippen molar-refractivity contribution >= 4 is 23.4 Å². The number of carbonyl (C=O) groups is 3. The molecular formula is C23H26N2O4. The minimum absolute atomic E-state index is 0.0349. The van der Waals surface area contributed by atoms with Crippen molar-refractivity contribution in [2.75, 3.05) is 12.0 Å². The molecule has 3 amide bonds. The van der Waals surface area contributed by atoms with Crippen molar-refractivity contribution in [3.63, 3.8) is 0 Å². The fourth-order valence-corrected chi connectivity index (χ4v) is 3.57. The van der Waals surface area contributed by atoms with Gasteiger partial charge in [-0.1, -0.05) is 31.2 Å². The summed E-state index contributed by atoms with van der Waals surface area (Å²) < 4.78 is 5.24. The Bertz CT molecular complexity index is 923. The van der Waals surface area contributed by atoms with Crippen LogP contribution < -0.4 is 9.64 Å². The van der Waals surface area contributed by atoms with E-state index in [1.54, 1.807) is 53.4 Å². The number of amides is 3. The van der Waals surface area contributed by atoms with Gasteiger partial charge in [0.15, 0.2) is 0 Å². The van der Waals surface area contributed by atoms with Crippen LogP contribution >= 0.6 is 0 Å². The van der Waals surface area contributed by atoms with E-state index in [4.69, 9.17) is 4.74 Å². The smallest absolute Gasteiger partial charge is 0.257 e. The van der Waals surface area contributed by atoms with Crippen LogP contribution in [-0.4, -0.2) is 41.3 Å². The van der Waals surface area contributed by atoms with Crippen LogP contribution in [0.1, 0.15) is 44.0 Å². The molecule has 1 aliphatic rings. The lowest BCUT2D eigenvalue weighted by atomic mass is 9.94. The quantitative estimate of drug-likeness (QED) is 0.702. The summed E-state index contributed by atoms with van der Waals surface area (Å²) in [6, 6.07) is 14.8. The predicted molar refractivity (Wildman–Crippen MR) is 111 cm³/mol. The molecular weight excluding hydrogens is 368 g/mol. The first-order valence-corrected chi connectivity index (χ1v) is 9.69. The molecule has 2 aromatic carbocycles. The van der Waals surface area contributed by atoms with Crippen LogP contribution in [-0.2, 0) is 9.59 Å². The number of methoxy groups -OCH3 is 1. The van der Waals surface area contributed by atoms with Gasteiger partial charge in [-0.25, -0.2) is 4.90 Å². The van der Waals surface area contributed by atoms with E-state index < -0.39 is 11.6 Å². The van der Waals surface area contributed by atoms with Gasteiger partial charge in [0.2, 0.25) is 5.91 Å². The number of hydrogen-bond acceptors (Lipinski definition) is 4. The van der Waals surface area contributed by atoms with Crippen LogP contribution in [0.15, 0.2) is 54.6 Å². The van der Waals surface area contributed by atoms with E-state index in [1.165, 1.54) is 12.0 Å². The van der Waals surface area contributed by atoms with Crippen LogP contribution in [0, 0.1) is 0 Å². The Morgan fingerprint density at radius 1 is 1.14 bits per heavy atom. The maximum absolute atomic E-state index is 13.5. The van der Waals surface area contributed by atoms with Crippen LogP contribution in [0.25, 0.3) is 0 Å². The van der Waals surface area contributed by atoms with E-state index in [0.29, 0.717) is 23.4 Å². The number of para-hydroxylation sites is 1. The van der Waals surface area contributed by atoms with Gasteiger partial charge in [0.1, 0.15) is 11.8 Å². The Balaban J connectivity index is 2.01. The first kappa shape index (κ1) is 20.6. The average molecular weight is 394 g/mol. The van der Waals surface area contributed by atoms with Crippen LogP contribution in [0.2, 0.25) is 0 Å². The molecule has 3 rings (SSSR count). The topological polar surface area (TPSA) is 66.9 Å². The summed E-state index contributed by atoms with van der Waals surface area (Å²) in [4.78, 5) is 42.2. The predicted octanol–water partition coefficient (Wildman–Crippen LogP) is 3.66. The standard InChI is InChI=1S/C23H26N2O4/c1-5-23(2,3)25(21(27)16-10-9-13-18(14-16)29-4)19-15-20(26)24(22(19)28)17-11-7-6-8-12-17/h6-14,19H,5,15H2,1-4H3. The Labute approximate surface area is 171 Å². The van der Waals surface area contributed by atoms with Crippen molar-refractivity contribution in [1.82, 2.24) is 4.90 Å². The average Bonchev–Trinajstić information content (AvgIpc) is 3.02. The highest BCUT2D eigenvalue weighted by Crippen LogP contribution is 2.32. The van der Waals surface area contributed by atoms with Gasteiger partial charge < -0.3 is 9.64 Å². The van der Waals surface area contributed by atoms with Crippen LogP contribution in [0.3, 0.4) is 0 Å². The Hall–Kier alpha value is -3.15. The van der Waals surface area contributed by atoms with Gasteiger partial charge in [-0.2, -0.15) is 0 Å². The molecule has 0 saturated carbocycles. The molecule has 152 valence electrons. The number of nitrogens with zero attached hydrogens (tertiary/aromatic N) is 2. The minimum atomic E-state index is -0.851. The third-order valence-corrected chi connectivity index (χ3v) is 5.50. The highest BCUT2D eigenvalue weighted by Gasteiger charge is 2.48. The molecule has 1 saturated heterocycles. The summed E-state index contributed by atoms with van der Waals surface area (Å²) in [6.45, 7) is 5.78. The van der Waals surface area contributed by atoms with Crippen molar-refractivity contribution in [1.29, 1.82) is 0 Å². The van der Waals surface area contributed by atoms with Gasteiger partial charge in [0.25, 0.3) is 11.8 Å². The number of rotatable bonds is 6. The molecule has 1 fully saturated rings. The maximum atomic E-state index is 13.5. The normalized spacial score (nSPS) is 16.8. The van der Waals surface area contributed by atoms with Crippen molar-refractivity contribution < 1.29 is 19.1 Å². The fraction of sp³-hybridized carbons (Fsp3) is 0.348. The summed E-state index contributed by atoms with van der Waals surface area (Å²) in [6.07, 6.45) is 0.596. The van der Waals surface area contributed by atoms with Crippen molar-refractivity contribution in [3.05, 3.63) is 60.2 Å². The number of carbonyl (C=O) groups excluding carboxylic acids is 3. The monoisotopic (exact) mass is 394 g/mol. The van der Waals surface area contributed by atoms with Crippen molar-refractivity contribution in [3.8, 4) is 5.75 Å². The zero-order valence-corrected chi connectivity index (χ0v) is 17.2. The lowest BCUT2D eigenvalue weighted by molar-refractivity contribution is -0.123. The Kier molecular flexibility index (Phi) is 5.73. The molecule has 6 nitrogen and oxygen atoms in total. The molecule has 0 aromatic heterocycles. The molecule has 2 aromatic rings. The maximum Gasteiger partial charge on any atom is 0.257 e. The number of benzene rings is 2. The molecule has 29 heavy (non-hydrogen) atoms. The summed E-state index contributed by atoms with van der Waals surface area (Å²) in [5.41, 5.74) is 0.324. The first-order chi connectivity index (χ1) is 13.8. The Morgan fingerprint density at radius 2 is 1.83 bits per heavy atom. The molecule has 1 atom stereocenters. The number of anilines is 1. The van der Waals surface area contributed by atoms with E-state index in [2.05, 4.69) is 0 Å². The number of hydrogen-bond donors (Lipinski definition) is 0. The number of ether oxygens (including phenoxy) is 1. The zero-order chi connectivity index (χ0) is 21.2. The lowest BCUT2D eigenvalue weighted by Crippen LogP contribution is -2.55. The van der Waals surface area contributed by atoms with E-state index in [1.807, 2.05) is 26.8 Å². The van der Waals surface area contributed by atoms with E-state index in [0.717, 1.165) is 0 Å². The lowest BCUT2D eigenvalue weighted by Gasteiger charge is -2.41. The van der Waals surface area contributed by atoms with Gasteiger partial charge in [0.05, 0.1) is 19.2 Å². The van der Waals surface area contributed by atoms with Gasteiger partial charge >= 0.3 is 0 Å². The molecule has 0 N–H and O–H groups in total. The highest BCUT2D eigenvalue weighted by molar-refractivity contribution is 6.23. The summed E-state index contributed by atoms with van der Waals surface area (Å²) in [7, 11) is 1.54. The van der Waals surface area contributed by atoms with Crippen LogP contribution in [0.5, 0.6) is 5.75 Å². The summed E-state index contributed by atoms with van der Waals surface area (Å²) in [5.74, 6) is -0.415. The second kappa shape index (κ2) is 8.07. The summed E-state index contributed by atoms with van der Waals surface area (Å²) in [5, 5.41) is 0. The van der Waals surface area contributed by atoms with Crippen molar-refractivity contribution in [2.24, 2.45) is 0 Å². The molecule has 1 unspecified atom stereocenters.